The summed E-state index contributed by atoms with van der Waals surface area (Å²) in [4.78, 5) is 18.2. The van der Waals surface area contributed by atoms with Crippen molar-refractivity contribution in [1.82, 2.24) is 34.8 Å². The third-order valence-corrected chi connectivity index (χ3v) is 15.5. The van der Waals surface area contributed by atoms with Crippen molar-refractivity contribution in [3.8, 4) is 10.8 Å². The predicted octanol–water partition coefficient (Wildman–Crippen LogP) is 7.89. The van der Waals surface area contributed by atoms with Crippen molar-refractivity contribution in [1.29, 1.82) is 0 Å². The van der Waals surface area contributed by atoms with Gasteiger partial charge in [-0.1, -0.05) is 48.5 Å². The van der Waals surface area contributed by atoms with Crippen LogP contribution in [0.25, 0.3) is 5.00 Å². The molecule has 13 nitrogen and oxygen atoms in total. The van der Waals surface area contributed by atoms with Gasteiger partial charge in [0.25, 0.3) is 0 Å². The SMILES string of the molecule is Cc1sc2c(c1C)C(c1ccc(N3CCC(O)(CN4CCN(c5ccc([C@H]6c7ccc(O)cc7CC[C@H]6c6ccccc6)nn5)CC4)CC3)cc1)=N[C@H](Cc1ncco1)c1nnc(C)n1-2. The van der Waals surface area contributed by atoms with Crippen molar-refractivity contribution in [3.05, 3.63) is 159 Å². The number of benzene rings is 3. The topological polar surface area (TPSA) is 145 Å². The molecule has 3 aromatic carbocycles. The fourth-order valence-electron chi connectivity index (χ4n) is 10.7. The van der Waals surface area contributed by atoms with E-state index >= 15 is 0 Å². The van der Waals surface area contributed by atoms with Crippen molar-refractivity contribution in [2.24, 2.45) is 4.99 Å². The van der Waals surface area contributed by atoms with Crippen LogP contribution in [0.15, 0.2) is 107 Å². The number of thiophene rings is 1. The monoisotopic (exact) mass is 886 g/mol. The number of piperidine rings is 1. The number of anilines is 2. The number of aromatic hydroxyl groups is 1. The summed E-state index contributed by atoms with van der Waals surface area (Å²) in [5.41, 5.74) is 9.41. The summed E-state index contributed by atoms with van der Waals surface area (Å²) in [5.74, 6) is 3.79. The van der Waals surface area contributed by atoms with Gasteiger partial charge in [-0.3, -0.25) is 14.5 Å². The summed E-state index contributed by atoms with van der Waals surface area (Å²) < 4.78 is 7.83. The van der Waals surface area contributed by atoms with Gasteiger partial charge >= 0.3 is 0 Å². The maximum Gasteiger partial charge on any atom is 0.196 e. The number of aromatic nitrogens is 6. The Morgan fingerprint density at radius 2 is 1.63 bits per heavy atom. The molecular weight excluding hydrogens is 833 g/mol. The molecule has 3 aliphatic heterocycles. The number of aliphatic hydroxyl groups is 1. The number of hydrogen-bond donors (Lipinski definition) is 2. The molecule has 0 unspecified atom stereocenters. The smallest absolute Gasteiger partial charge is 0.196 e. The molecule has 332 valence electrons. The first kappa shape index (κ1) is 41.5. The molecule has 2 N–H and O–H groups in total. The summed E-state index contributed by atoms with van der Waals surface area (Å²) in [6.45, 7) is 12.0. The quantitative estimate of drug-likeness (QED) is 0.146. The highest BCUT2D eigenvalue weighted by Crippen LogP contribution is 2.47. The highest BCUT2D eigenvalue weighted by atomic mass is 32.1. The number of fused-ring (bicyclic) bond motifs is 4. The maximum atomic E-state index is 11.9. The van der Waals surface area contributed by atoms with Gasteiger partial charge in [0.1, 0.15) is 28.9 Å². The van der Waals surface area contributed by atoms with Gasteiger partial charge in [0.05, 0.1) is 29.6 Å². The zero-order valence-electron chi connectivity index (χ0n) is 37.1. The number of oxazole rings is 1. The minimum atomic E-state index is -0.738. The molecule has 7 heterocycles. The van der Waals surface area contributed by atoms with Crippen LogP contribution in [0.2, 0.25) is 0 Å². The first-order chi connectivity index (χ1) is 31.7. The zero-order chi connectivity index (χ0) is 44.2. The highest BCUT2D eigenvalue weighted by Gasteiger charge is 2.37. The lowest BCUT2D eigenvalue weighted by Crippen LogP contribution is -2.55. The van der Waals surface area contributed by atoms with E-state index in [9.17, 15) is 10.2 Å². The first-order valence-corrected chi connectivity index (χ1v) is 23.7. The fourth-order valence-corrected chi connectivity index (χ4v) is 11.9. The number of phenolic OH excluding ortho intramolecular Hbond substituents is 1. The number of hydrogen-bond acceptors (Lipinski definition) is 13. The number of rotatable bonds is 9. The summed E-state index contributed by atoms with van der Waals surface area (Å²) in [6.07, 6.45) is 7.08. The number of nitrogens with zero attached hydrogens (tertiary/aromatic N) is 10. The summed E-state index contributed by atoms with van der Waals surface area (Å²) in [7, 11) is 0. The van der Waals surface area contributed by atoms with Crippen LogP contribution in [0.4, 0.5) is 11.5 Å². The molecule has 0 radical (unpaired) electrons. The van der Waals surface area contributed by atoms with Crippen LogP contribution in [0.3, 0.4) is 0 Å². The molecular formula is C51H54N10O3S. The lowest BCUT2D eigenvalue weighted by molar-refractivity contribution is -0.0173. The molecule has 14 heteroatoms. The van der Waals surface area contributed by atoms with Gasteiger partial charge in [-0.15, -0.1) is 26.6 Å². The second-order valence-corrected chi connectivity index (χ2v) is 19.5. The van der Waals surface area contributed by atoms with Gasteiger partial charge in [-0.05, 0) is 111 Å². The Hall–Kier alpha value is -6.22. The third-order valence-electron chi connectivity index (χ3n) is 14.3. The molecule has 4 aromatic heterocycles. The van der Waals surface area contributed by atoms with Gasteiger partial charge in [0.15, 0.2) is 17.5 Å². The third kappa shape index (κ3) is 7.91. The van der Waals surface area contributed by atoms with Crippen molar-refractivity contribution in [3.63, 3.8) is 0 Å². The van der Waals surface area contributed by atoms with Gasteiger partial charge in [-0.25, -0.2) is 4.98 Å². The van der Waals surface area contributed by atoms with Crippen molar-refractivity contribution >= 4 is 28.6 Å². The molecule has 2 saturated heterocycles. The van der Waals surface area contributed by atoms with Crippen molar-refractivity contribution in [2.75, 3.05) is 55.6 Å². The van der Waals surface area contributed by atoms with Crippen LogP contribution in [-0.4, -0.2) is 102 Å². The molecule has 3 atom stereocenters. The Balaban J connectivity index is 0.730. The standard InChI is InChI=1S/C51H54N10O3S/c1-32-33(2)65-50-46(32)48(53-43(30-45-52-21-28-64-45)49-57-54-34(3)61(49)50)36-9-12-38(13-10-36)59-22-19-51(63,20-23-59)31-58-24-26-60(27-25-58)44-18-17-42(55-56-44)47-40(35-7-5-4-6-8-35)15-11-37-29-39(62)14-16-41(37)47/h4-10,12-14,16-18,21,28-29,40,43,47,62-63H,11,15,19-20,22-27,30-31H2,1-3H3/t40-,43+,47+/m0/s1. The number of piperazine rings is 1. The van der Waals surface area contributed by atoms with Crippen LogP contribution in [0, 0.1) is 20.8 Å². The molecule has 7 aromatic rings. The van der Waals surface area contributed by atoms with E-state index < -0.39 is 5.60 Å². The average molecular weight is 887 g/mol. The average Bonchev–Trinajstić information content (AvgIpc) is 4.04. The molecule has 1 aliphatic carbocycles. The molecule has 0 saturated carbocycles. The van der Waals surface area contributed by atoms with Gasteiger partial charge in [0.2, 0.25) is 0 Å². The molecule has 0 spiro atoms. The van der Waals surface area contributed by atoms with E-state index in [0.29, 0.717) is 37.4 Å². The minimum Gasteiger partial charge on any atom is -0.508 e. The fraction of sp³-hybridized carbons (Fsp3) is 0.373. The first-order valence-electron chi connectivity index (χ1n) is 22.9. The van der Waals surface area contributed by atoms with Crippen LogP contribution in [0.5, 0.6) is 5.75 Å². The van der Waals surface area contributed by atoms with Crippen LogP contribution in [-0.2, 0) is 12.8 Å². The van der Waals surface area contributed by atoms with E-state index in [0.717, 1.165) is 103 Å². The van der Waals surface area contributed by atoms with Gasteiger partial charge < -0.3 is 24.4 Å². The number of β-amino-alcohol motifs (C(OH)–C–C–N with tert-alkyl or cyclic N) is 1. The zero-order valence-corrected chi connectivity index (χ0v) is 38.0. The minimum absolute atomic E-state index is 0.0661. The van der Waals surface area contributed by atoms with E-state index in [2.05, 4.69) is 121 Å². The number of phenols is 1. The van der Waals surface area contributed by atoms with Crippen LogP contribution < -0.4 is 9.80 Å². The Morgan fingerprint density at radius 1 is 0.831 bits per heavy atom. The normalized spacial score (nSPS) is 20.7. The lowest BCUT2D eigenvalue weighted by atomic mass is 9.70. The van der Waals surface area contributed by atoms with Crippen molar-refractivity contribution in [2.45, 2.75) is 76.4 Å². The van der Waals surface area contributed by atoms with Gasteiger partial charge in [-0.2, -0.15) is 5.10 Å². The van der Waals surface area contributed by atoms with Crippen LogP contribution in [0.1, 0.15) is 98.6 Å². The largest absolute Gasteiger partial charge is 0.508 e. The Kier molecular flexibility index (Phi) is 10.8. The summed E-state index contributed by atoms with van der Waals surface area (Å²) >= 11 is 1.75. The highest BCUT2D eigenvalue weighted by molar-refractivity contribution is 7.15. The molecule has 0 amide bonds. The van der Waals surface area contributed by atoms with E-state index in [1.54, 1.807) is 29.9 Å². The number of aryl methyl sites for hydroxylation is 3. The Labute approximate surface area is 383 Å². The molecule has 0 bridgehead atoms. The summed E-state index contributed by atoms with van der Waals surface area (Å²) in [6, 6.07) is 29.2. The van der Waals surface area contributed by atoms with E-state index in [-0.39, 0.29) is 17.9 Å². The second-order valence-electron chi connectivity index (χ2n) is 18.3. The van der Waals surface area contributed by atoms with E-state index in [1.807, 2.05) is 13.0 Å². The number of aliphatic imine (C=N–C) groups is 1. The molecule has 65 heavy (non-hydrogen) atoms. The van der Waals surface area contributed by atoms with Crippen LogP contribution >= 0.6 is 11.3 Å². The second kappa shape index (κ2) is 17.0. The molecule has 4 aliphatic rings. The van der Waals surface area contributed by atoms with Crippen molar-refractivity contribution < 1.29 is 14.6 Å². The Bertz CT molecular complexity index is 2820. The maximum absolute atomic E-state index is 11.9. The Morgan fingerprint density at radius 3 is 2.37 bits per heavy atom. The summed E-state index contributed by atoms with van der Waals surface area (Å²) in [5, 5.41) is 42.0. The predicted molar refractivity (Wildman–Crippen MR) is 253 cm³/mol. The van der Waals surface area contributed by atoms with E-state index in [1.165, 1.54) is 27.1 Å². The lowest BCUT2D eigenvalue weighted by Gasteiger charge is -2.44. The van der Waals surface area contributed by atoms with Gasteiger partial charge in [0, 0.05) is 73.4 Å². The van der Waals surface area contributed by atoms with E-state index in [4.69, 9.17) is 19.6 Å². The molecule has 11 rings (SSSR count). The molecule has 2 fully saturated rings.